The summed E-state index contributed by atoms with van der Waals surface area (Å²) in [6, 6.07) is 6.14. The normalized spacial score (nSPS) is 14.0. The Kier molecular flexibility index (Phi) is 8.68. The van der Waals surface area contributed by atoms with Gasteiger partial charge in [0.15, 0.2) is 16.6 Å². The lowest BCUT2D eigenvalue weighted by Gasteiger charge is -2.27. The highest BCUT2D eigenvalue weighted by atomic mass is 127. The first-order valence-electron chi connectivity index (χ1n) is 10.3. The van der Waals surface area contributed by atoms with E-state index in [-0.39, 0.29) is 11.2 Å². The molecule has 162 valence electrons. The van der Waals surface area contributed by atoms with Gasteiger partial charge in [-0.3, -0.25) is 9.78 Å². The molecule has 0 saturated heterocycles. The second kappa shape index (κ2) is 11.2. The molecular weight excluding hydrogens is 511 g/mol. The van der Waals surface area contributed by atoms with Gasteiger partial charge in [-0.25, -0.2) is 0 Å². The summed E-state index contributed by atoms with van der Waals surface area (Å²) in [7, 11) is 1.68. The highest BCUT2D eigenvalue weighted by Crippen LogP contribution is 2.36. The number of methoxy groups -OCH3 is 1. The molecule has 0 radical (unpaired) electrons. The Morgan fingerprint density at radius 2 is 2.03 bits per heavy atom. The van der Waals surface area contributed by atoms with Crippen LogP contribution in [0.2, 0.25) is 0 Å². The van der Waals surface area contributed by atoms with E-state index < -0.39 is 0 Å². The number of carbonyl (C=O) groups is 1. The number of halogens is 1. The summed E-state index contributed by atoms with van der Waals surface area (Å²) in [5.74, 6) is 2.30. The molecule has 1 aromatic carbocycles. The zero-order chi connectivity index (χ0) is 21.5. The number of aryl methyl sites for hydroxylation is 1. The lowest BCUT2D eigenvalue weighted by molar-refractivity contribution is -0.109. The van der Waals surface area contributed by atoms with Gasteiger partial charge in [-0.05, 0) is 78.5 Å². The van der Waals surface area contributed by atoms with Crippen LogP contribution in [0.15, 0.2) is 30.6 Å². The number of aromatic nitrogens is 1. The number of hydrogen-bond donors (Lipinski definition) is 0. The van der Waals surface area contributed by atoms with Crippen molar-refractivity contribution < 1.29 is 14.3 Å². The Labute approximate surface area is 197 Å². The van der Waals surface area contributed by atoms with Crippen molar-refractivity contribution in [2.45, 2.75) is 52.2 Å². The van der Waals surface area contributed by atoms with Gasteiger partial charge in [-0.15, -0.1) is 0 Å². The fraction of sp³-hybridized carbons (Fsp3) is 0.478. The zero-order valence-electron chi connectivity index (χ0n) is 17.8. The summed E-state index contributed by atoms with van der Waals surface area (Å²) in [6.07, 6.45) is 8.71. The van der Waals surface area contributed by atoms with Gasteiger partial charge in [-0.2, -0.15) is 0 Å². The molecule has 0 aliphatic heterocycles. The van der Waals surface area contributed by atoms with E-state index in [0.717, 1.165) is 52.4 Å². The third kappa shape index (κ3) is 6.26. The number of benzene rings is 1. The molecule has 30 heavy (non-hydrogen) atoms. The first-order valence-corrected chi connectivity index (χ1v) is 12.4. The van der Waals surface area contributed by atoms with Crippen molar-refractivity contribution >= 4 is 45.2 Å². The molecule has 0 atom stereocenters. The van der Waals surface area contributed by atoms with Gasteiger partial charge in [0.05, 0.1) is 13.2 Å². The molecule has 1 aromatic heterocycles. The van der Waals surface area contributed by atoms with Crippen molar-refractivity contribution in [3.05, 3.63) is 45.3 Å². The van der Waals surface area contributed by atoms with Crippen LogP contribution in [0.4, 0.5) is 5.69 Å². The highest BCUT2D eigenvalue weighted by Gasteiger charge is 2.20. The van der Waals surface area contributed by atoms with Crippen LogP contribution in [0.3, 0.4) is 0 Å². The third-order valence-electron chi connectivity index (χ3n) is 5.34. The Morgan fingerprint density at radius 3 is 2.70 bits per heavy atom. The number of ether oxygens (including phenoxy) is 2. The van der Waals surface area contributed by atoms with Crippen LogP contribution < -0.4 is 14.4 Å². The van der Waals surface area contributed by atoms with E-state index in [1.54, 1.807) is 14.0 Å². The van der Waals surface area contributed by atoms with Gasteiger partial charge in [0.1, 0.15) is 0 Å². The molecule has 0 amide bonds. The SMILES string of the molecule is COc1ccc(N(CCSC(C)=O)Cc2c(C)cncc2I)cc1OC1CCCC1. The first-order chi connectivity index (χ1) is 14.5. The Morgan fingerprint density at radius 1 is 1.27 bits per heavy atom. The molecule has 1 aliphatic rings. The number of carbonyl (C=O) groups excluding carboxylic acids is 1. The Hall–Kier alpha value is -1.48. The van der Waals surface area contributed by atoms with Gasteiger partial charge >= 0.3 is 0 Å². The fourth-order valence-electron chi connectivity index (χ4n) is 3.69. The minimum absolute atomic E-state index is 0.143. The van der Waals surface area contributed by atoms with Crippen LogP contribution in [0.25, 0.3) is 0 Å². The van der Waals surface area contributed by atoms with Crippen molar-refractivity contribution in [3.8, 4) is 11.5 Å². The average molecular weight is 540 g/mol. The molecule has 1 aliphatic carbocycles. The van der Waals surface area contributed by atoms with Gasteiger partial charge in [-0.1, -0.05) is 11.8 Å². The van der Waals surface area contributed by atoms with E-state index in [1.165, 1.54) is 35.7 Å². The van der Waals surface area contributed by atoms with Crippen LogP contribution in [-0.4, -0.2) is 35.6 Å². The lowest BCUT2D eigenvalue weighted by Crippen LogP contribution is -2.27. The van der Waals surface area contributed by atoms with Crippen LogP contribution >= 0.6 is 34.4 Å². The fourth-order valence-corrected chi connectivity index (χ4v) is 5.04. The summed E-state index contributed by atoms with van der Waals surface area (Å²) in [4.78, 5) is 18.1. The lowest BCUT2D eigenvalue weighted by atomic mass is 10.1. The van der Waals surface area contributed by atoms with E-state index in [9.17, 15) is 4.79 Å². The summed E-state index contributed by atoms with van der Waals surface area (Å²) in [5.41, 5.74) is 3.49. The summed E-state index contributed by atoms with van der Waals surface area (Å²) in [6.45, 7) is 5.22. The largest absolute Gasteiger partial charge is 0.493 e. The van der Waals surface area contributed by atoms with E-state index >= 15 is 0 Å². The quantitative estimate of drug-likeness (QED) is 0.386. The van der Waals surface area contributed by atoms with E-state index in [2.05, 4.69) is 51.5 Å². The monoisotopic (exact) mass is 540 g/mol. The average Bonchev–Trinajstić information content (AvgIpc) is 3.22. The minimum Gasteiger partial charge on any atom is -0.493 e. The van der Waals surface area contributed by atoms with Gasteiger partial charge < -0.3 is 14.4 Å². The smallest absolute Gasteiger partial charge is 0.185 e. The van der Waals surface area contributed by atoms with Gasteiger partial charge in [0.2, 0.25) is 0 Å². The Balaban J connectivity index is 1.88. The van der Waals surface area contributed by atoms with Crippen LogP contribution in [0.5, 0.6) is 11.5 Å². The molecular formula is C23H29IN2O3S. The topological polar surface area (TPSA) is 51.7 Å². The second-order valence-electron chi connectivity index (χ2n) is 7.54. The highest BCUT2D eigenvalue weighted by molar-refractivity contribution is 14.1. The van der Waals surface area contributed by atoms with Crippen molar-refractivity contribution in [2.75, 3.05) is 24.3 Å². The van der Waals surface area contributed by atoms with Crippen molar-refractivity contribution in [3.63, 3.8) is 0 Å². The molecule has 2 aromatic rings. The molecule has 3 rings (SSSR count). The summed E-state index contributed by atoms with van der Waals surface area (Å²) >= 11 is 3.71. The van der Waals surface area contributed by atoms with Crippen LogP contribution in [0.1, 0.15) is 43.7 Å². The van der Waals surface area contributed by atoms with Crippen molar-refractivity contribution in [2.24, 2.45) is 0 Å². The Bertz CT molecular complexity index is 851. The molecule has 7 heteroatoms. The molecule has 0 N–H and O–H groups in total. The number of nitrogens with zero attached hydrogens (tertiary/aromatic N) is 2. The molecule has 1 heterocycles. The van der Waals surface area contributed by atoms with Gasteiger partial charge in [0, 0.05) is 53.5 Å². The van der Waals surface area contributed by atoms with E-state index in [4.69, 9.17) is 9.47 Å². The maximum atomic E-state index is 11.5. The van der Waals surface area contributed by atoms with E-state index in [0.29, 0.717) is 0 Å². The summed E-state index contributed by atoms with van der Waals surface area (Å²) in [5, 5.41) is 0.143. The first kappa shape index (κ1) is 23.2. The number of anilines is 1. The standard InChI is InChI=1S/C23H29IN2O3S/c1-16-13-25-14-21(24)20(16)15-26(10-11-30-17(2)27)18-8-9-22(28-3)23(12-18)29-19-6-4-5-7-19/h8-9,12-14,19H,4-7,10-11,15H2,1-3H3. The maximum Gasteiger partial charge on any atom is 0.185 e. The molecule has 1 saturated carbocycles. The van der Waals surface area contributed by atoms with Crippen LogP contribution in [0, 0.1) is 10.5 Å². The van der Waals surface area contributed by atoms with Crippen molar-refractivity contribution in [1.82, 2.24) is 4.98 Å². The predicted molar refractivity (Wildman–Crippen MR) is 132 cm³/mol. The number of hydrogen-bond acceptors (Lipinski definition) is 6. The predicted octanol–water partition coefficient (Wildman–Crippen LogP) is 5.61. The number of rotatable bonds is 9. The molecule has 0 unspecified atom stereocenters. The van der Waals surface area contributed by atoms with Gasteiger partial charge in [0.25, 0.3) is 0 Å². The molecule has 0 spiro atoms. The maximum absolute atomic E-state index is 11.5. The summed E-state index contributed by atoms with van der Waals surface area (Å²) < 4.78 is 13.0. The minimum atomic E-state index is 0.143. The molecule has 1 fully saturated rings. The molecule has 0 bridgehead atoms. The number of pyridine rings is 1. The van der Waals surface area contributed by atoms with E-state index in [1.807, 2.05) is 18.5 Å². The van der Waals surface area contributed by atoms with Crippen LogP contribution in [-0.2, 0) is 11.3 Å². The number of thioether (sulfide) groups is 1. The third-order valence-corrected chi connectivity index (χ3v) is 7.07. The van der Waals surface area contributed by atoms with Crippen molar-refractivity contribution in [1.29, 1.82) is 0 Å². The molecule has 5 nitrogen and oxygen atoms in total. The second-order valence-corrected chi connectivity index (χ2v) is 9.97. The zero-order valence-corrected chi connectivity index (χ0v) is 20.8.